The topological polar surface area (TPSA) is 106 Å². The van der Waals surface area contributed by atoms with Gasteiger partial charge in [-0.25, -0.2) is 0 Å². The molecule has 1 atom stereocenters. The number of hydrogen-bond acceptors (Lipinski definition) is 4. The van der Waals surface area contributed by atoms with Gasteiger partial charge < -0.3 is 16.3 Å². The molecule has 15 heavy (non-hydrogen) atoms. The van der Waals surface area contributed by atoms with Gasteiger partial charge in [0, 0.05) is 13.2 Å². The molecular formula is C8H13N5O2. The normalized spacial score (nSPS) is 13.6. The first-order valence-electron chi connectivity index (χ1n) is 4.32. The summed E-state index contributed by atoms with van der Waals surface area (Å²) in [4.78, 5) is 11.5. The lowest BCUT2D eigenvalue weighted by molar-refractivity contribution is 0.0943. The number of nitrogens with zero attached hydrogens (tertiary/aromatic N) is 3. The van der Waals surface area contributed by atoms with E-state index in [-0.39, 0.29) is 17.4 Å². The number of carbonyl (C=O) groups excluding carboxylic acids is 1. The highest BCUT2D eigenvalue weighted by atomic mass is 16.4. The minimum absolute atomic E-state index is 0.0562. The maximum Gasteiger partial charge on any atom is 0.272 e. The van der Waals surface area contributed by atoms with E-state index in [1.54, 1.807) is 26.2 Å². The third-order valence-electron chi connectivity index (χ3n) is 1.85. The van der Waals surface area contributed by atoms with Crippen LogP contribution in [-0.4, -0.2) is 32.8 Å². The summed E-state index contributed by atoms with van der Waals surface area (Å²) in [6.07, 6.45) is 1.66. The van der Waals surface area contributed by atoms with Crippen LogP contribution in [0.25, 0.3) is 0 Å². The Labute approximate surface area is 86.6 Å². The van der Waals surface area contributed by atoms with Gasteiger partial charge in [-0.3, -0.25) is 9.48 Å². The van der Waals surface area contributed by atoms with E-state index in [4.69, 9.17) is 10.9 Å². The molecule has 0 radical (unpaired) electrons. The Hall–Kier alpha value is -2.05. The number of oxime groups is 1. The summed E-state index contributed by atoms with van der Waals surface area (Å²) in [7, 11) is 1.71. The molecule has 0 aromatic carbocycles. The Morgan fingerprint density at radius 2 is 2.47 bits per heavy atom. The average Bonchev–Trinajstić information content (AvgIpc) is 2.63. The van der Waals surface area contributed by atoms with Crippen molar-refractivity contribution >= 4 is 11.7 Å². The average molecular weight is 211 g/mol. The second-order valence-electron chi connectivity index (χ2n) is 3.09. The molecule has 1 rings (SSSR count). The number of amides is 1. The maximum atomic E-state index is 11.5. The number of carbonyl (C=O) groups is 1. The van der Waals surface area contributed by atoms with Gasteiger partial charge in [-0.15, -0.1) is 0 Å². The van der Waals surface area contributed by atoms with Crippen LogP contribution in [0.5, 0.6) is 0 Å². The smallest absolute Gasteiger partial charge is 0.272 e. The standard InChI is InChI=1S/C8H13N5O2/c1-5(7(9)12-15)10-8(14)6-3-4-13(2)11-6/h3-5,15H,1-2H3,(H2,9,12)(H,10,14). The second kappa shape index (κ2) is 4.45. The molecule has 0 aliphatic heterocycles. The molecular weight excluding hydrogens is 198 g/mol. The van der Waals surface area contributed by atoms with Crippen LogP contribution >= 0.6 is 0 Å². The van der Waals surface area contributed by atoms with E-state index in [2.05, 4.69) is 15.6 Å². The molecule has 7 nitrogen and oxygen atoms in total. The highest BCUT2D eigenvalue weighted by Crippen LogP contribution is 1.95. The quantitative estimate of drug-likeness (QED) is 0.265. The van der Waals surface area contributed by atoms with E-state index in [9.17, 15) is 4.79 Å². The number of aryl methyl sites for hydroxylation is 1. The van der Waals surface area contributed by atoms with Gasteiger partial charge in [0.05, 0.1) is 6.04 Å². The van der Waals surface area contributed by atoms with E-state index < -0.39 is 6.04 Å². The van der Waals surface area contributed by atoms with Crippen LogP contribution < -0.4 is 11.1 Å². The molecule has 1 unspecified atom stereocenters. The number of amidine groups is 1. The predicted molar refractivity (Wildman–Crippen MR) is 53.5 cm³/mol. The van der Waals surface area contributed by atoms with Gasteiger partial charge in [0.2, 0.25) is 0 Å². The van der Waals surface area contributed by atoms with Gasteiger partial charge in [-0.05, 0) is 13.0 Å². The zero-order valence-electron chi connectivity index (χ0n) is 8.51. The Kier molecular flexibility index (Phi) is 3.27. The van der Waals surface area contributed by atoms with Gasteiger partial charge in [0.1, 0.15) is 5.69 Å². The zero-order valence-corrected chi connectivity index (χ0v) is 8.51. The van der Waals surface area contributed by atoms with Gasteiger partial charge in [0.15, 0.2) is 5.84 Å². The number of aromatic nitrogens is 2. The van der Waals surface area contributed by atoms with Crippen molar-refractivity contribution < 1.29 is 10.0 Å². The third-order valence-corrected chi connectivity index (χ3v) is 1.85. The molecule has 0 fully saturated rings. The van der Waals surface area contributed by atoms with Crippen LogP contribution in [0.15, 0.2) is 17.4 Å². The number of rotatable bonds is 3. The van der Waals surface area contributed by atoms with Crippen molar-refractivity contribution in [3.05, 3.63) is 18.0 Å². The number of nitrogens with two attached hydrogens (primary N) is 1. The minimum atomic E-state index is -0.537. The fourth-order valence-electron chi connectivity index (χ4n) is 0.967. The van der Waals surface area contributed by atoms with Crippen LogP contribution in [0.3, 0.4) is 0 Å². The van der Waals surface area contributed by atoms with Crippen molar-refractivity contribution in [2.45, 2.75) is 13.0 Å². The summed E-state index contributed by atoms with van der Waals surface area (Å²) in [5.74, 6) is -0.422. The van der Waals surface area contributed by atoms with Gasteiger partial charge in [-0.2, -0.15) is 5.10 Å². The highest BCUT2D eigenvalue weighted by Gasteiger charge is 2.14. The molecule has 0 aliphatic rings. The molecule has 0 aliphatic carbocycles. The first-order valence-corrected chi connectivity index (χ1v) is 4.32. The first-order chi connectivity index (χ1) is 7.04. The van der Waals surface area contributed by atoms with Crippen molar-refractivity contribution in [2.24, 2.45) is 17.9 Å². The molecule has 1 aromatic rings. The SMILES string of the molecule is CC(NC(=O)c1ccn(C)n1)/C(N)=N/O. The Morgan fingerprint density at radius 3 is 2.93 bits per heavy atom. The van der Waals surface area contributed by atoms with Crippen LogP contribution in [0, 0.1) is 0 Å². The molecule has 4 N–H and O–H groups in total. The molecule has 0 saturated heterocycles. The number of hydrogen-bond donors (Lipinski definition) is 3. The summed E-state index contributed by atoms with van der Waals surface area (Å²) >= 11 is 0. The van der Waals surface area contributed by atoms with E-state index in [0.717, 1.165) is 0 Å². The largest absolute Gasteiger partial charge is 0.409 e. The number of nitrogens with one attached hydrogen (secondary N) is 1. The van der Waals surface area contributed by atoms with E-state index in [1.807, 2.05) is 0 Å². The summed E-state index contributed by atoms with van der Waals surface area (Å²) in [6, 6.07) is 1.04. The predicted octanol–water partition coefficient (Wildman–Crippen LogP) is -0.715. The van der Waals surface area contributed by atoms with Crippen LogP contribution in [0.1, 0.15) is 17.4 Å². The lowest BCUT2D eigenvalue weighted by Crippen LogP contribution is -2.42. The minimum Gasteiger partial charge on any atom is -0.409 e. The first kappa shape index (κ1) is 11.0. The molecule has 1 aromatic heterocycles. The molecule has 0 spiro atoms. The Bertz CT molecular complexity index is 384. The molecule has 7 heteroatoms. The third kappa shape index (κ3) is 2.70. The van der Waals surface area contributed by atoms with E-state index in [0.29, 0.717) is 0 Å². The Morgan fingerprint density at radius 1 is 1.80 bits per heavy atom. The summed E-state index contributed by atoms with van der Waals surface area (Å²) in [5.41, 5.74) is 5.59. The monoisotopic (exact) mass is 211 g/mol. The van der Waals surface area contributed by atoms with E-state index in [1.165, 1.54) is 4.68 Å². The molecule has 0 bridgehead atoms. The molecule has 1 heterocycles. The molecule has 0 saturated carbocycles. The van der Waals surface area contributed by atoms with Crippen molar-refractivity contribution in [2.75, 3.05) is 0 Å². The summed E-state index contributed by atoms with van der Waals surface area (Å²) in [5, 5.41) is 17.6. The fourth-order valence-corrected chi connectivity index (χ4v) is 0.967. The van der Waals surface area contributed by atoms with Crippen LogP contribution in [0.2, 0.25) is 0 Å². The van der Waals surface area contributed by atoms with Gasteiger partial charge >= 0.3 is 0 Å². The lowest BCUT2D eigenvalue weighted by atomic mass is 10.3. The Balaban J connectivity index is 2.64. The van der Waals surface area contributed by atoms with Crippen molar-refractivity contribution in [3.63, 3.8) is 0 Å². The van der Waals surface area contributed by atoms with E-state index >= 15 is 0 Å². The van der Waals surface area contributed by atoms with Gasteiger partial charge in [0.25, 0.3) is 5.91 Å². The lowest BCUT2D eigenvalue weighted by Gasteiger charge is -2.10. The highest BCUT2D eigenvalue weighted by molar-refractivity contribution is 5.96. The maximum absolute atomic E-state index is 11.5. The fraction of sp³-hybridized carbons (Fsp3) is 0.375. The summed E-state index contributed by atoms with van der Waals surface area (Å²) < 4.78 is 1.52. The molecule has 1 amide bonds. The van der Waals surface area contributed by atoms with Crippen molar-refractivity contribution in [1.29, 1.82) is 0 Å². The second-order valence-corrected chi connectivity index (χ2v) is 3.09. The summed E-state index contributed by atoms with van der Waals surface area (Å²) in [6.45, 7) is 1.61. The van der Waals surface area contributed by atoms with Crippen LogP contribution in [0.4, 0.5) is 0 Å². The van der Waals surface area contributed by atoms with Crippen LogP contribution in [-0.2, 0) is 7.05 Å². The molecule has 82 valence electrons. The van der Waals surface area contributed by atoms with Gasteiger partial charge in [-0.1, -0.05) is 5.16 Å². The van der Waals surface area contributed by atoms with Crippen molar-refractivity contribution in [1.82, 2.24) is 15.1 Å². The zero-order chi connectivity index (χ0) is 11.4. The van der Waals surface area contributed by atoms with Crippen molar-refractivity contribution in [3.8, 4) is 0 Å².